The van der Waals surface area contributed by atoms with Gasteiger partial charge in [0.05, 0.1) is 17.4 Å². The highest BCUT2D eigenvalue weighted by Crippen LogP contribution is 2.32. The number of hydrogen-bond acceptors (Lipinski definition) is 6. The minimum Gasteiger partial charge on any atom is -0.422 e. The summed E-state index contributed by atoms with van der Waals surface area (Å²) in [6.07, 6.45) is 0.407. The lowest BCUT2D eigenvalue weighted by Gasteiger charge is -2.21. The van der Waals surface area contributed by atoms with Crippen molar-refractivity contribution in [2.75, 3.05) is 6.61 Å². The van der Waals surface area contributed by atoms with E-state index in [0.29, 0.717) is 6.42 Å². The Labute approximate surface area is 161 Å². The zero-order valence-corrected chi connectivity index (χ0v) is 17.1. The van der Waals surface area contributed by atoms with Crippen LogP contribution in [0.4, 0.5) is 0 Å². The Morgan fingerprint density at radius 1 is 1.00 bits per heavy atom. The summed E-state index contributed by atoms with van der Waals surface area (Å²) in [4.78, 5) is 24.4. The number of nitrogens with two attached hydrogens (primary N) is 1. The van der Waals surface area contributed by atoms with Crippen molar-refractivity contribution in [2.45, 2.75) is 54.0 Å². The van der Waals surface area contributed by atoms with Gasteiger partial charge in [0.15, 0.2) is 11.5 Å². The molecule has 0 radical (unpaired) electrons. The molecule has 0 aliphatic heterocycles. The first-order valence-electron chi connectivity index (χ1n) is 8.28. The Morgan fingerprint density at radius 3 is 1.88 bits per heavy atom. The van der Waals surface area contributed by atoms with Gasteiger partial charge in [-0.1, -0.05) is 6.07 Å². The van der Waals surface area contributed by atoms with E-state index >= 15 is 0 Å². The smallest absolute Gasteiger partial charge is 0.316 e. The predicted octanol–water partition coefficient (Wildman–Crippen LogP) is 2.87. The summed E-state index contributed by atoms with van der Waals surface area (Å²) >= 11 is 0. The summed E-state index contributed by atoms with van der Waals surface area (Å²) in [6, 6.07) is 4.50. The van der Waals surface area contributed by atoms with Crippen molar-refractivity contribution < 1.29 is 24.2 Å². The number of carbonyl (C=O) groups excluding carboxylic acids is 2. The lowest BCUT2D eigenvalue weighted by molar-refractivity contribution is -0.145. The van der Waals surface area contributed by atoms with Crippen LogP contribution in [-0.4, -0.2) is 29.7 Å². The van der Waals surface area contributed by atoms with E-state index in [0.717, 1.165) is 5.56 Å². The topological polar surface area (TPSA) is 98.8 Å². The molecule has 0 heterocycles. The van der Waals surface area contributed by atoms with E-state index in [1.54, 1.807) is 59.7 Å². The van der Waals surface area contributed by atoms with Gasteiger partial charge in [-0.15, -0.1) is 12.4 Å². The molecule has 1 atom stereocenters. The molecule has 7 heteroatoms. The fraction of sp³-hybridized carbons (Fsp3) is 0.579. The highest BCUT2D eigenvalue weighted by molar-refractivity contribution is 5.85. The number of benzene rings is 1. The normalized spacial score (nSPS) is 12.8. The molecule has 148 valence electrons. The number of hydrogen-bond donors (Lipinski definition) is 2. The maximum atomic E-state index is 12.2. The second-order valence-electron chi connectivity index (χ2n) is 8.21. The van der Waals surface area contributed by atoms with Crippen LogP contribution in [0.1, 0.15) is 47.1 Å². The monoisotopic (exact) mass is 387 g/mol. The minimum absolute atomic E-state index is 0. The molecule has 1 unspecified atom stereocenters. The Hall–Kier alpha value is -1.63. The molecule has 3 N–H and O–H groups in total. The zero-order chi connectivity index (χ0) is 19.4. The third kappa shape index (κ3) is 7.32. The largest absolute Gasteiger partial charge is 0.422 e. The van der Waals surface area contributed by atoms with Gasteiger partial charge in [-0.2, -0.15) is 0 Å². The average Bonchev–Trinajstić information content (AvgIpc) is 2.47. The van der Waals surface area contributed by atoms with E-state index in [9.17, 15) is 9.59 Å². The van der Waals surface area contributed by atoms with Crippen LogP contribution in [0.3, 0.4) is 0 Å². The van der Waals surface area contributed by atoms with Crippen LogP contribution in [0, 0.1) is 10.8 Å². The molecule has 0 fully saturated rings. The first-order chi connectivity index (χ1) is 11.3. The molecule has 1 aromatic rings. The molecule has 0 bridgehead atoms. The predicted molar refractivity (Wildman–Crippen MR) is 103 cm³/mol. The van der Waals surface area contributed by atoms with Crippen LogP contribution < -0.4 is 15.2 Å². The maximum absolute atomic E-state index is 12.2. The van der Waals surface area contributed by atoms with E-state index in [1.807, 2.05) is 0 Å². The molecule has 0 aromatic heterocycles. The van der Waals surface area contributed by atoms with Gasteiger partial charge in [-0.05, 0) is 65.7 Å². The molecular weight excluding hydrogens is 358 g/mol. The summed E-state index contributed by atoms with van der Waals surface area (Å²) in [5, 5.41) is 9.10. The number of rotatable bonds is 5. The van der Waals surface area contributed by atoms with Crippen molar-refractivity contribution in [3.05, 3.63) is 23.8 Å². The van der Waals surface area contributed by atoms with Crippen LogP contribution in [-0.2, 0) is 16.0 Å². The van der Waals surface area contributed by atoms with Gasteiger partial charge in [0.1, 0.15) is 0 Å². The van der Waals surface area contributed by atoms with Gasteiger partial charge in [0.2, 0.25) is 0 Å². The third-order valence-electron chi connectivity index (χ3n) is 3.37. The fourth-order valence-electron chi connectivity index (χ4n) is 1.72. The standard InChI is InChI=1S/C19H29NO5.ClH/c1-18(2,3)16(22)24-14-8-7-12(9-13(20)11-21)10-15(14)25-17(23)19(4,5)6;/h7-8,10,13,21H,9,11,20H2,1-6H3;1H. The van der Waals surface area contributed by atoms with E-state index < -0.39 is 28.8 Å². The highest BCUT2D eigenvalue weighted by Gasteiger charge is 2.28. The molecular formula is C19H30ClNO5. The van der Waals surface area contributed by atoms with Gasteiger partial charge >= 0.3 is 11.9 Å². The molecule has 0 saturated heterocycles. The van der Waals surface area contributed by atoms with Crippen LogP contribution in [0.25, 0.3) is 0 Å². The molecule has 1 rings (SSSR count). The Balaban J connectivity index is 0.00000625. The second kappa shape index (κ2) is 9.35. The second-order valence-corrected chi connectivity index (χ2v) is 8.21. The maximum Gasteiger partial charge on any atom is 0.316 e. The van der Waals surface area contributed by atoms with Crippen LogP contribution in [0.2, 0.25) is 0 Å². The fourth-order valence-corrected chi connectivity index (χ4v) is 1.72. The SMILES string of the molecule is CC(C)(C)C(=O)Oc1ccc(CC(N)CO)cc1OC(=O)C(C)(C)C.Cl. The van der Waals surface area contributed by atoms with Crippen molar-refractivity contribution >= 4 is 24.3 Å². The average molecular weight is 388 g/mol. The molecule has 0 amide bonds. The van der Waals surface area contributed by atoms with E-state index in [-0.39, 0.29) is 30.5 Å². The van der Waals surface area contributed by atoms with Crippen LogP contribution >= 0.6 is 12.4 Å². The minimum atomic E-state index is -0.706. The van der Waals surface area contributed by atoms with Crippen molar-refractivity contribution in [1.82, 2.24) is 0 Å². The molecule has 0 aliphatic rings. The summed E-state index contributed by atoms with van der Waals surface area (Å²) in [5.74, 6) is -0.524. The Bertz CT molecular complexity index is 632. The van der Waals surface area contributed by atoms with Crippen molar-refractivity contribution in [3.8, 4) is 11.5 Å². The van der Waals surface area contributed by atoms with Gasteiger partial charge in [0.25, 0.3) is 0 Å². The van der Waals surface area contributed by atoms with E-state index in [2.05, 4.69) is 0 Å². The summed E-state index contributed by atoms with van der Waals surface area (Å²) in [7, 11) is 0. The van der Waals surface area contributed by atoms with Gasteiger partial charge in [0, 0.05) is 6.04 Å². The number of aliphatic hydroxyl groups excluding tert-OH is 1. The molecule has 6 nitrogen and oxygen atoms in total. The molecule has 0 saturated carbocycles. The van der Waals surface area contributed by atoms with Crippen molar-refractivity contribution in [3.63, 3.8) is 0 Å². The Kier molecular flexibility index (Phi) is 8.76. The molecule has 1 aromatic carbocycles. The number of ether oxygens (including phenoxy) is 2. The van der Waals surface area contributed by atoms with Gasteiger partial charge in [-0.3, -0.25) is 9.59 Å². The Morgan fingerprint density at radius 2 is 1.46 bits per heavy atom. The third-order valence-corrected chi connectivity index (χ3v) is 3.37. The molecule has 0 spiro atoms. The summed E-state index contributed by atoms with van der Waals surface area (Å²) in [6.45, 7) is 10.3. The van der Waals surface area contributed by atoms with E-state index in [1.165, 1.54) is 0 Å². The number of esters is 2. The molecule has 0 aliphatic carbocycles. The number of aliphatic hydroxyl groups is 1. The van der Waals surface area contributed by atoms with Crippen molar-refractivity contribution in [2.24, 2.45) is 16.6 Å². The highest BCUT2D eigenvalue weighted by atomic mass is 35.5. The van der Waals surface area contributed by atoms with Gasteiger partial charge < -0.3 is 20.3 Å². The van der Waals surface area contributed by atoms with Crippen molar-refractivity contribution in [1.29, 1.82) is 0 Å². The lowest BCUT2D eigenvalue weighted by atomic mass is 9.97. The first-order valence-corrected chi connectivity index (χ1v) is 8.28. The summed E-state index contributed by atoms with van der Waals surface area (Å²) < 4.78 is 10.9. The molecule has 26 heavy (non-hydrogen) atoms. The van der Waals surface area contributed by atoms with Crippen LogP contribution in [0.5, 0.6) is 11.5 Å². The van der Waals surface area contributed by atoms with Gasteiger partial charge in [-0.25, -0.2) is 0 Å². The summed E-state index contributed by atoms with van der Waals surface area (Å²) in [5.41, 5.74) is 5.13. The quantitative estimate of drug-likeness (QED) is 0.595. The zero-order valence-electron chi connectivity index (χ0n) is 16.3. The number of carbonyl (C=O) groups is 2. The van der Waals surface area contributed by atoms with E-state index in [4.69, 9.17) is 20.3 Å². The first kappa shape index (κ1) is 24.4. The number of halogens is 1. The van der Waals surface area contributed by atoms with Crippen LogP contribution in [0.15, 0.2) is 18.2 Å². The lowest BCUT2D eigenvalue weighted by Crippen LogP contribution is -2.28.